The number of hydrogen-bond acceptors (Lipinski definition) is 4. The number of carbonyl (C=O) groups is 1. The Morgan fingerprint density at radius 1 is 1.24 bits per heavy atom. The molecule has 6 heteroatoms. The normalized spacial score (nSPS) is 19.0. The van der Waals surface area contributed by atoms with Crippen LogP contribution in [0.25, 0.3) is 0 Å². The van der Waals surface area contributed by atoms with Crippen LogP contribution in [0, 0.1) is 23.6 Å². The Morgan fingerprint density at radius 3 is 2.60 bits per heavy atom. The monoisotopic (exact) mass is 339 g/mol. The van der Waals surface area contributed by atoms with Gasteiger partial charge in [0.2, 0.25) is 5.95 Å². The van der Waals surface area contributed by atoms with Gasteiger partial charge < -0.3 is 4.74 Å². The van der Waals surface area contributed by atoms with Crippen LogP contribution in [0.5, 0.6) is 0 Å². The minimum Gasteiger partial charge on any atom is -0.443 e. The third kappa shape index (κ3) is 3.77. The molecule has 1 aromatic carbocycles. The molecule has 1 aliphatic rings. The topological polar surface area (TPSA) is 55.3 Å². The minimum atomic E-state index is -0.510. The van der Waals surface area contributed by atoms with E-state index in [0.717, 1.165) is 0 Å². The van der Waals surface area contributed by atoms with E-state index >= 15 is 0 Å². The lowest BCUT2D eigenvalue weighted by Crippen LogP contribution is -2.52. The molecule has 25 heavy (non-hydrogen) atoms. The Hall–Kier alpha value is -2.94. The molecule has 0 spiro atoms. The van der Waals surface area contributed by atoms with Crippen LogP contribution < -0.4 is 4.90 Å². The molecule has 1 amide bonds. The van der Waals surface area contributed by atoms with E-state index in [-0.39, 0.29) is 17.7 Å². The lowest BCUT2D eigenvalue weighted by molar-refractivity contribution is -0.0127. The molecular formula is C19H18FN3O2. The van der Waals surface area contributed by atoms with E-state index in [1.807, 2.05) is 20.8 Å². The zero-order valence-electron chi connectivity index (χ0n) is 14.3. The predicted octanol–water partition coefficient (Wildman–Crippen LogP) is 3.39. The first kappa shape index (κ1) is 16.9. The predicted molar refractivity (Wildman–Crippen MR) is 91.5 cm³/mol. The number of carbonyl (C=O) groups excluding carboxylic acids is 1. The third-order valence-corrected chi connectivity index (χ3v) is 4.27. The van der Waals surface area contributed by atoms with Gasteiger partial charge in [0.15, 0.2) is 0 Å². The van der Waals surface area contributed by atoms with Gasteiger partial charge in [0.1, 0.15) is 11.4 Å². The van der Waals surface area contributed by atoms with Crippen LogP contribution in [0.15, 0.2) is 36.7 Å². The van der Waals surface area contributed by atoms with Gasteiger partial charge in [0.05, 0.1) is 5.56 Å². The van der Waals surface area contributed by atoms with E-state index in [2.05, 4.69) is 21.8 Å². The number of anilines is 1. The first-order valence-corrected chi connectivity index (χ1v) is 7.95. The summed E-state index contributed by atoms with van der Waals surface area (Å²) in [5.74, 6) is 5.81. The second kappa shape index (κ2) is 6.52. The molecule has 128 valence electrons. The molecule has 1 aromatic heterocycles. The Kier molecular flexibility index (Phi) is 4.41. The molecule has 0 unspecified atom stereocenters. The summed E-state index contributed by atoms with van der Waals surface area (Å²) < 4.78 is 18.6. The van der Waals surface area contributed by atoms with Crippen molar-refractivity contribution in [2.45, 2.75) is 26.4 Å². The number of nitrogens with zero attached hydrogens (tertiary/aromatic N) is 3. The van der Waals surface area contributed by atoms with Crippen LogP contribution in [0.3, 0.4) is 0 Å². The summed E-state index contributed by atoms with van der Waals surface area (Å²) in [5, 5.41) is 0. The maximum Gasteiger partial charge on any atom is 0.417 e. The Labute approximate surface area is 145 Å². The summed E-state index contributed by atoms with van der Waals surface area (Å²) in [6, 6.07) is 6.04. The summed E-state index contributed by atoms with van der Waals surface area (Å²) in [5.41, 5.74) is 0.635. The summed E-state index contributed by atoms with van der Waals surface area (Å²) in [6.07, 6.45) is 2.61. The molecule has 1 aliphatic heterocycles. The quantitative estimate of drug-likeness (QED) is 0.748. The van der Waals surface area contributed by atoms with E-state index in [0.29, 0.717) is 17.7 Å². The number of cyclic esters (lactones) is 1. The van der Waals surface area contributed by atoms with Crippen molar-refractivity contribution in [1.29, 1.82) is 0 Å². The molecule has 0 saturated carbocycles. The van der Waals surface area contributed by atoms with Crippen LogP contribution in [-0.4, -0.2) is 28.2 Å². The van der Waals surface area contributed by atoms with Crippen molar-refractivity contribution in [3.8, 4) is 11.8 Å². The van der Waals surface area contributed by atoms with Gasteiger partial charge in [-0.25, -0.2) is 24.1 Å². The summed E-state index contributed by atoms with van der Waals surface area (Å²) in [4.78, 5) is 22.0. The molecule has 0 aliphatic carbocycles. The molecule has 1 atom stereocenters. The van der Waals surface area contributed by atoms with E-state index in [1.165, 1.54) is 29.4 Å². The smallest absolute Gasteiger partial charge is 0.417 e. The zero-order chi connectivity index (χ0) is 18.0. The largest absolute Gasteiger partial charge is 0.443 e. The van der Waals surface area contributed by atoms with Crippen molar-refractivity contribution in [2.75, 3.05) is 11.4 Å². The first-order valence-electron chi connectivity index (χ1n) is 7.95. The Morgan fingerprint density at radius 2 is 1.92 bits per heavy atom. The van der Waals surface area contributed by atoms with Crippen LogP contribution in [0.1, 0.15) is 31.9 Å². The summed E-state index contributed by atoms with van der Waals surface area (Å²) >= 11 is 0. The second-order valence-electron chi connectivity index (χ2n) is 6.52. The van der Waals surface area contributed by atoms with Crippen molar-refractivity contribution in [3.63, 3.8) is 0 Å². The van der Waals surface area contributed by atoms with Crippen LogP contribution in [0.2, 0.25) is 0 Å². The van der Waals surface area contributed by atoms with Gasteiger partial charge >= 0.3 is 6.09 Å². The van der Waals surface area contributed by atoms with Gasteiger partial charge in [0, 0.05) is 30.4 Å². The van der Waals surface area contributed by atoms with E-state index in [9.17, 15) is 9.18 Å². The SMILES string of the molecule is C[C@H]1CN(c2ncc(C#Cc3cccc(F)c3)cn2)C(=O)OC1(C)C. The van der Waals surface area contributed by atoms with E-state index in [1.54, 1.807) is 12.1 Å². The highest BCUT2D eigenvalue weighted by Gasteiger charge is 2.40. The van der Waals surface area contributed by atoms with Gasteiger partial charge in [-0.1, -0.05) is 24.8 Å². The molecule has 1 saturated heterocycles. The number of halogens is 1. The van der Waals surface area contributed by atoms with Gasteiger partial charge in [-0.3, -0.25) is 0 Å². The Bertz CT molecular complexity index is 853. The molecule has 2 aromatic rings. The first-order chi connectivity index (χ1) is 11.8. The van der Waals surface area contributed by atoms with Gasteiger partial charge in [-0.2, -0.15) is 0 Å². The highest BCUT2D eigenvalue weighted by molar-refractivity contribution is 5.86. The van der Waals surface area contributed by atoms with Gasteiger partial charge in [-0.15, -0.1) is 0 Å². The number of hydrogen-bond donors (Lipinski definition) is 0. The molecule has 3 rings (SSSR count). The molecule has 1 fully saturated rings. The number of aromatic nitrogens is 2. The minimum absolute atomic E-state index is 0.140. The van der Waals surface area contributed by atoms with Crippen LogP contribution >= 0.6 is 0 Å². The Balaban J connectivity index is 1.76. The standard InChI is InChI=1S/C19H18FN3O2/c1-13-12-23(18(24)25-19(13,2)3)17-21-10-15(11-22-17)8-7-14-5-4-6-16(20)9-14/h4-6,9-11,13H,12H2,1-3H3/t13-/m0/s1. The lowest BCUT2D eigenvalue weighted by Gasteiger charge is -2.40. The van der Waals surface area contributed by atoms with E-state index in [4.69, 9.17) is 4.74 Å². The zero-order valence-corrected chi connectivity index (χ0v) is 14.3. The average Bonchev–Trinajstić information content (AvgIpc) is 2.57. The number of ether oxygens (including phenoxy) is 1. The summed E-state index contributed by atoms with van der Waals surface area (Å²) in [6.45, 7) is 6.27. The van der Waals surface area contributed by atoms with Crippen molar-refractivity contribution >= 4 is 12.0 Å². The fourth-order valence-corrected chi connectivity index (χ4v) is 2.35. The molecule has 0 bridgehead atoms. The van der Waals surface area contributed by atoms with Crippen molar-refractivity contribution in [2.24, 2.45) is 5.92 Å². The van der Waals surface area contributed by atoms with Gasteiger partial charge in [-0.05, 0) is 32.0 Å². The maximum atomic E-state index is 13.1. The molecule has 0 radical (unpaired) electrons. The maximum absolute atomic E-state index is 13.1. The van der Waals surface area contributed by atoms with Crippen molar-refractivity contribution < 1.29 is 13.9 Å². The van der Waals surface area contributed by atoms with Crippen LogP contribution in [-0.2, 0) is 4.74 Å². The van der Waals surface area contributed by atoms with Crippen LogP contribution in [0.4, 0.5) is 15.1 Å². The highest BCUT2D eigenvalue weighted by atomic mass is 19.1. The average molecular weight is 339 g/mol. The molecule has 2 heterocycles. The second-order valence-corrected chi connectivity index (χ2v) is 6.52. The van der Waals surface area contributed by atoms with Crippen molar-refractivity contribution in [1.82, 2.24) is 9.97 Å². The number of amides is 1. The summed E-state index contributed by atoms with van der Waals surface area (Å²) in [7, 11) is 0. The fourth-order valence-electron chi connectivity index (χ4n) is 2.35. The van der Waals surface area contributed by atoms with Crippen molar-refractivity contribution in [3.05, 3.63) is 53.6 Å². The number of benzene rings is 1. The lowest BCUT2D eigenvalue weighted by atomic mass is 9.91. The number of rotatable bonds is 1. The molecular weight excluding hydrogens is 321 g/mol. The van der Waals surface area contributed by atoms with E-state index < -0.39 is 11.7 Å². The third-order valence-electron chi connectivity index (χ3n) is 4.27. The molecule has 5 nitrogen and oxygen atoms in total. The fraction of sp³-hybridized carbons (Fsp3) is 0.316. The highest BCUT2D eigenvalue weighted by Crippen LogP contribution is 2.29. The van der Waals surface area contributed by atoms with Gasteiger partial charge in [0.25, 0.3) is 0 Å². The molecule has 0 N–H and O–H groups in total.